The van der Waals surface area contributed by atoms with E-state index >= 15 is 0 Å². The van der Waals surface area contributed by atoms with Gasteiger partial charge in [-0.15, -0.1) is 5.11 Å². The molecule has 0 saturated carbocycles. The van der Waals surface area contributed by atoms with E-state index < -0.39 is 0 Å². The number of hydrogen-bond donors (Lipinski definition) is 0. The molecule has 6 heteroatoms. The van der Waals surface area contributed by atoms with E-state index in [1.807, 2.05) is 18.9 Å². The first-order chi connectivity index (χ1) is 5.70. The molecule has 0 aliphatic carbocycles. The van der Waals surface area contributed by atoms with Gasteiger partial charge in [0.2, 0.25) is 0 Å². The molecule has 0 saturated heterocycles. The van der Waals surface area contributed by atoms with E-state index in [1.165, 1.54) is 0 Å². The van der Waals surface area contributed by atoms with Gasteiger partial charge in [-0.3, -0.25) is 4.90 Å². The standard InChI is InChI=1S/C6H8N6/c1-4-7-10-8-6-11(3)5(2)9-12(4)6/h1H2,2-3H3. The van der Waals surface area contributed by atoms with E-state index in [4.69, 9.17) is 0 Å². The molecule has 62 valence electrons. The van der Waals surface area contributed by atoms with Crippen LogP contribution in [0.1, 0.15) is 6.92 Å². The zero-order valence-electron chi connectivity index (χ0n) is 6.89. The summed E-state index contributed by atoms with van der Waals surface area (Å²) in [7, 11) is 1.87. The van der Waals surface area contributed by atoms with Crippen molar-refractivity contribution in [1.29, 1.82) is 0 Å². The molecular formula is C6H8N6. The number of rotatable bonds is 0. The summed E-state index contributed by atoms with van der Waals surface area (Å²) in [4.78, 5) is 1.82. The minimum Gasteiger partial charge on any atom is -0.299 e. The maximum Gasteiger partial charge on any atom is 0.255 e. The predicted molar refractivity (Wildman–Crippen MR) is 44.1 cm³/mol. The van der Waals surface area contributed by atoms with Gasteiger partial charge in [0.25, 0.3) is 5.96 Å². The van der Waals surface area contributed by atoms with Crippen LogP contribution in [0, 0.1) is 0 Å². The van der Waals surface area contributed by atoms with Crippen molar-refractivity contribution in [3.8, 4) is 0 Å². The molecule has 0 bridgehead atoms. The molecule has 12 heavy (non-hydrogen) atoms. The number of hydrogen-bond acceptors (Lipinski definition) is 6. The van der Waals surface area contributed by atoms with Crippen LogP contribution < -0.4 is 0 Å². The summed E-state index contributed by atoms with van der Waals surface area (Å²) in [6.07, 6.45) is 0. The van der Waals surface area contributed by atoms with Crippen LogP contribution in [0.4, 0.5) is 0 Å². The maximum absolute atomic E-state index is 4.16. The van der Waals surface area contributed by atoms with Crippen molar-refractivity contribution >= 4 is 11.8 Å². The molecule has 2 aliphatic heterocycles. The summed E-state index contributed by atoms with van der Waals surface area (Å²) >= 11 is 0. The molecule has 0 N–H and O–H groups in total. The van der Waals surface area contributed by atoms with Gasteiger partial charge in [-0.25, -0.2) is 0 Å². The Morgan fingerprint density at radius 3 is 2.83 bits per heavy atom. The molecule has 6 nitrogen and oxygen atoms in total. The topological polar surface area (TPSA) is 55.9 Å². The first kappa shape index (κ1) is 6.96. The fourth-order valence-electron chi connectivity index (χ4n) is 0.982. The van der Waals surface area contributed by atoms with Crippen LogP contribution in [0.15, 0.2) is 32.9 Å². The van der Waals surface area contributed by atoms with Gasteiger partial charge in [0.05, 0.1) is 0 Å². The Morgan fingerprint density at radius 1 is 1.42 bits per heavy atom. The van der Waals surface area contributed by atoms with E-state index in [0.717, 1.165) is 5.84 Å². The summed E-state index contributed by atoms with van der Waals surface area (Å²) in [5.41, 5.74) is 0. The third-order valence-corrected chi connectivity index (χ3v) is 1.76. The second kappa shape index (κ2) is 2.13. The van der Waals surface area contributed by atoms with Gasteiger partial charge < -0.3 is 0 Å². The lowest BCUT2D eigenvalue weighted by molar-refractivity contribution is 0.501. The normalized spacial score (nSPS) is 21.0. The molecule has 0 unspecified atom stereocenters. The molecule has 0 aromatic rings. The van der Waals surface area contributed by atoms with Crippen LogP contribution in [0.25, 0.3) is 0 Å². The highest BCUT2D eigenvalue weighted by Crippen LogP contribution is 2.19. The van der Waals surface area contributed by atoms with Gasteiger partial charge in [-0.1, -0.05) is 11.7 Å². The largest absolute Gasteiger partial charge is 0.299 e. The Morgan fingerprint density at radius 2 is 2.17 bits per heavy atom. The zero-order chi connectivity index (χ0) is 8.72. The highest BCUT2D eigenvalue weighted by Gasteiger charge is 2.29. The van der Waals surface area contributed by atoms with Crippen LogP contribution in [0.3, 0.4) is 0 Å². The summed E-state index contributed by atoms with van der Waals surface area (Å²) in [5.74, 6) is 1.98. The monoisotopic (exact) mass is 164 g/mol. The second-order valence-electron chi connectivity index (χ2n) is 2.52. The van der Waals surface area contributed by atoms with Gasteiger partial charge in [0.1, 0.15) is 5.84 Å². The molecule has 0 amide bonds. The van der Waals surface area contributed by atoms with E-state index in [1.54, 1.807) is 5.01 Å². The fourth-order valence-corrected chi connectivity index (χ4v) is 0.982. The molecule has 0 aromatic carbocycles. The van der Waals surface area contributed by atoms with E-state index in [2.05, 4.69) is 27.1 Å². The molecule has 0 radical (unpaired) electrons. The van der Waals surface area contributed by atoms with Crippen LogP contribution >= 0.6 is 0 Å². The van der Waals surface area contributed by atoms with Crippen LogP contribution in [0.5, 0.6) is 0 Å². The fraction of sp³-hybridized carbons (Fsp3) is 0.333. The molecule has 2 aliphatic rings. The van der Waals surface area contributed by atoms with Crippen LogP contribution in [-0.4, -0.2) is 28.8 Å². The van der Waals surface area contributed by atoms with E-state index in [-0.39, 0.29) is 0 Å². The van der Waals surface area contributed by atoms with E-state index in [9.17, 15) is 0 Å². The lowest BCUT2D eigenvalue weighted by atomic mass is 10.6. The lowest BCUT2D eigenvalue weighted by Gasteiger charge is -2.17. The van der Waals surface area contributed by atoms with Crippen molar-refractivity contribution < 1.29 is 0 Å². The Labute approximate surface area is 69.6 Å². The summed E-state index contributed by atoms with van der Waals surface area (Å²) < 4.78 is 0. The predicted octanol–water partition coefficient (Wildman–Crippen LogP) is 0.775. The minimum absolute atomic E-state index is 0.490. The smallest absolute Gasteiger partial charge is 0.255 e. The number of amidine groups is 1. The summed E-state index contributed by atoms with van der Waals surface area (Å²) in [6, 6.07) is 0. The van der Waals surface area contributed by atoms with Crippen LogP contribution in [-0.2, 0) is 0 Å². The molecule has 0 fully saturated rings. The minimum atomic E-state index is 0.490. The van der Waals surface area contributed by atoms with E-state index in [0.29, 0.717) is 11.8 Å². The maximum atomic E-state index is 4.16. The molecule has 2 heterocycles. The summed E-state index contributed by atoms with van der Waals surface area (Å²) in [5, 5.41) is 16.8. The Bertz CT molecular complexity index is 325. The lowest BCUT2D eigenvalue weighted by Crippen LogP contribution is -2.33. The van der Waals surface area contributed by atoms with Crippen molar-refractivity contribution in [2.24, 2.45) is 20.5 Å². The average molecular weight is 164 g/mol. The molecule has 0 atom stereocenters. The molecule has 0 spiro atoms. The third-order valence-electron chi connectivity index (χ3n) is 1.76. The zero-order valence-corrected chi connectivity index (χ0v) is 6.89. The molecular weight excluding hydrogens is 156 g/mol. The summed E-state index contributed by atoms with van der Waals surface area (Å²) in [6.45, 7) is 5.56. The quantitative estimate of drug-likeness (QED) is 0.531. The second-order valence-corrected chi connectivity index (χ2v) is 2.52. The highest BCUT2D eigenvalue weighted by atomic mass is 15.7. The van der Waals surface area contributed by atoms with Crippen molar-refractivity contribution in [3.05, 3.63) is 12.4 Å². The Balaban J connectivity index is 2.43. The first-order valence-electron chi connectivity index (χ1n) is 3.47. The number of guanidine groups is 1. The van der Waals surface area contributed by atoms with Gasteiger partial charge in [0, 0.05) is 7.05 Å². The van der Waals surface area contributed by atoms with Gasteiger partial charge >= 0.3 is 0 Å². The van der Waals surface area contributed by atoms with Crippen molar-refractivity contribution in [3.63, 3.8) is 0 Å². The molecule has 2 rings (SSSR count). The Hall–Kier alpha value is -1.72. The first-order valence-corrected chi connectivity index (χ1v) is 3.47. The number of nitrogens with zero attached hydrogens (tertiary/aromatic N) is 6. The van der Waals surface area contributed by atoms with Crippen molar-refractivity contribution in [1.82, 2.24) is 9.91 Å². The SMILES string of the molecule is C=C1N=NN=C2N(C)C(C)=NN12. The molecule has 0 aromatic heterocycles. The van der Waals surface area contributed by atoms with Gasteiger partial charge in [-0.2, -0.15) is 10.1 Å². The number of fused-ring (bicyclic) bond motifs is 1. The van der Waals surface area contributed by atoms with Crippen molar-refractivity contribution in [2.45, 2.75) is 6.92 Å². The Kier molecular flexibility index (Phi) is 1.24. The van der Waals surface area contributed by atoms with Crippen molar-refractivity contribution in [2.75, 3.05) is 7.05 Å². The third kappa shape index (κ3) is 0.744. The number of hydrazone groups is 1. The van der Waals surface area contributed by atoms with Gasteiger partial charge in [0.15, 0.2) is 5.82 Å². The average Bonchev–Trinajstić information content (AvgIpc) is 2.32. The highest BCUT2D eigenvalue weighted by molar-refractivity contribution is 6.03. The van der Waals surface area contributed by atoms with Crippen LogP contribution in [0.2, 0.25) is 0 Å². The van der Waals surface area contributed by atoms with Gasteiger partial charge in [-0.05, 0) is 12.1 Å².